The van der Waals surface area contributed by atoms with E-state index < -0.39 is 0 Å². The Kier molecular flexibility index (Phi) is 29.0. The van der Waals surface area contributed by atoms with Crippen LogP contribution in [0.4, 0.5) is 0 Å². The number of fused-ring (bicyclic) bond motifs is 1. The van der Waals surface area contributed by atoms with Crippen LogP contribution in [-0.4, -0.2) is 31.1 Å². The maximum Gasteiger partial charge on any atom is 0.231 e. The monoisotopic (exact) mass is 1010 g/mol. The Morgan fingerprint density at radius 1 is 0.459 bits per heavy atom. The molecule has 5 heteroatoms. The van der Waals surface area contributed by atoms with Crippen LogP contribution >= 0.6 is 0 Å². The third-order valence-corrected chi connectivity index (χ3v) is 12.5. The third kappa shape index (κ3) is 27.5. The van der Waals surface area contributed by atoms with Gasteiger partial charge in [0.1, 0.15) is 0 Å². The summed E-state index contributed by atoms with van der Waals surface area (Å²) < 4.78 is 10.6. The fraction of sp³-hybridized carbons (Fsp3) is 0.536. The third-order valence-electron chi connectivity index (χ3n) is 12.5. The lowest BCUT2D eigenvalue weighted by Gasteiger charge is -2.34. The molecule has 1 saturated heterocycles. The number of hydrogen-bond donors (Lipinski definition) is 1. The zero-order chi connectivity index (χ0) is 54.4. The number of piperidine rings is 1. The molecule has 1 N–H and O–H groups in total. The van der Waals surface area contributed by atoms with E-state index in [0.717, 1.165) is 29.5 Å². The van der Waals surface area contributed by atoms with Crippen LogP contribution in [0.15, 0.2) is 150 Å². The Bertz CT molecular complexity index is 2080. The van der Waals surface area contributed by atoms with Crippen molar-refractivity contribution in [1.82, 2.24) is 10.3 Å². The van der Waals surface area contributed by atoms with E-state index in [4.69, 9.17) is 9.47 Å². The maximum absolute atomic E-state index is 5.31. The van der Waals surface area contributed by atoms with Gasteiger partial charge in [-0.3, -0.25) is 9.98 Å². The maximum atomic E-state index is 5.31. The highest BCUT2D eigenvalue weighted by Gasteiger charge is 2.26. The molecule has 0 spiro atoms. The SMILES string of the molecule is C.C.CC(C)(C)C1=CCC=N1.CC(C)(C)C1CCCNC1.CC(C)(C)c1ccc2c(c1)OCO2.CC(C)(C)c1ccccc1.CC(C)(C)c1ccccc1.CC(C)(C)c1ccccc1.CC(C)(C)c1ccccn1. The van der Waals surface area contributed by atoms with Crippen LogP contribution < -0.4 is 14.8 Å². The van der Waals surface area contributed by atoms with Gasteiger partial charge in [0, 0.05) is 41.1 Å². The van der Waals surface area contributed by atoms with Crippen molar-refractivity contribution < 1.29 is 9.47 Å². The normalized spacial score (nSPS) is 14.9. The van der Waals surface area contributed by atoms with Crippen LogP contribution in [0.5, 0.6) is 11.5 Å². The molecule has 0 saturated carbocycles. The summed E-state index contributed by atoms with van der Waals surface area (Å²) in [6.45, 7) is 49.4. The first-order valence-electron chi connectivity index (χ1n) is 26.6. The highest BCUT2D eigenvalue weighted by atomic mass is 16.7. The van der Waals surface area contributed by atoms with E-state index in [1.165, 1.54) is 53.9 Å². The van der Waals surface area contributed by atoms with Crippen molar-refractivity contribution in [3.8, 4) is 11.5 Å². The van der Waals surface area contributed by atoms with Gasteiger partial charge in [0.15, 0.2) is 11.5 Å². The van der Waals surface area contributed by atoms with Gasteiger partial charge in [-0.25, -0.2) is 0 Å². The lowest BCUT2D eigenvalue weighted by Crippen LogP contribution is -2.36. The average Bonchev–Trinajstić information content (AvgIpc) is 4.04. The lowest BCUT2D eigenvalue weighted by atomic mass is 9.77. The van der Waals surface area contributed by atoms with Crippen LogP contribution in [0, 0.1) is 16.7 Å². The number of rotatable bonds is 0. The molecule has 4 aromatic carbocycles. The highest BCUT2D eigenvalue weighted by molar-refractivity contribution is 5.65. The van der Waals surface area contributed by atoms with Crippen LogP contribution in [-0.2, 0) is 27.1 Å². The molecule has 5 nitrogen and oxygen atoms in total. The summed E-state index contributed by atoms with van der Waals surface area (Å²) in [5, 5.41) is 3.44. The van der Waals surface area contributed by atoms with Gasteiger partial charge in [0.25, 0.3) is 0 Å². The van der Waals surface area contributed by atoms with Gasteiger partial charge in [-0.05, 0) is 105 Å². The van der Waals surface area contributed by atoms with Crippen molar-refractivity contribution in [3.63, 3.8) is 0 Å². The summed E-state index contributed by atoms with van der Waals surface area (Å²) >= 11 is 0. The van der Waals surface area contributed by atoms with Crippen LogP contribution in [0.3, 0.4) is 0 Å². The Balaban J connectivity index is 0.000000839. The predicted octanol–water partition coefficient (Wildman–Crippen LogP) is 19.7. The molecule has 74 heavy (non-hydrogen) atoms. The summed E-state index contributed by atoms with van der Waals surface area (Å²) in [6, 6.07) is 43.8. The number of nitrogens with zero attached hydrogens (tertiary/aromatic N) is 2. The number of aromatic nitrogens is 1. The second-order valence-corrected chi connectivity index (χ2v) is 26.4. The molecule has 0 bridgehead atoms. The van der Waals surface area contributed by atoms with Crippen molar-refractivity contribution >= 4 is 6.21 Å². The first kappa shape index (κ1) is 69.0. The van der Waals surface area contributed by atoms with Gasteiger partial charge in [0.05, 0.1) is 0 Å². The molecular weight excluding hydrogens is 903 g/mol. The Hall–Kier alpha value is -5.00. The zero-order valence-electron chi connectivity index (χ0n) is 49.4. The molecule has 0 radical (unpaired) electrons. The predicted molar refractivity (Wildman–Crippen MR) is 329 cm³/mol. The Morgan fingerprint density at radius 2 is 0.892 bits per heavy atom. The topological polar surface area (TPSA) is 55.7 Å². The molecule has 1 unspecified atom stereocenters. The highest BCUT2D eigenvalue weighted by Crippen LogP contribution is 2.36. The number of benzene rings is 4. The number of allylic oxidation sites excluding steroid dienone is 2. The largest absolute Gasteiger partial charge is 0.454 e. The number of aliphatic imine (C=N–C) groups is 1. The number of nitrogens with one attached hydrogen (secondary N) is 1. The number of ether oxygens (including phenoxy) is 2. The van der Waals surface area contributed by atoms with Crippen molar-refractivity contribution in [1.29, 1.82) is 0 Å². The van der Waals surface area contributed by atoms with E-state index in [-0.39, 0.29) is 31.1 Å². The van der Waals surface area contributed by atoms with Gasteiger partial charge in [-0.15, -0.1) is 0 Å². The summed E-state index contributed by atoms with van der Waals surface area (Å²) in [5.41, 5.74) is 9.82. The molecular formula is C69H109N3O2. The summed E-state index contributed by atoms with van der Waals surface area (Å²) in [4.78, 5) is 8.49. The molecule has 412 valence electrons. The minimum atomic E-state index is 0. The lowest BCUT2D eigenvalue weighted by molar-refractivity contribution is 0.174. The summed E-state index contributed by atoms with van der Waals surface area (Å²) in [5.74, 6) is 2.61. The summed E-state index contributed by atoms with van der Waals surface area (Å²) in [6.07, 6.45) is 9.77. The smallest absolute Gasteiger partial charge is 0.231 e. The van der Waals surface area contributed by atoms with Gasteiger partial charge < -0.3 is 14.8 Å². The van der Waals surface area contributed by atoms with Crippen LogP contribution in [0.25, 0.3) is 0 Å². The van der Waals surface area contributed by atoms with Gasteiger partial charge in [-0.1, -0.05) is 269 Å². The first-order chi connectivity index (χ1) is 33.2. The van der Waals surface area contributed by atoms with Gasteiger partial charge in [0.2, 0.25) is 6.79 Å². The van der Waals surface area contributed by atoms with Crippen molar-refractivity contribution in [2.75, 3.05) is 19.9 Å². The average molecular weight is 1010 g/mol. The molecule has 4 heterocycles. The molecule has 0 amide bonds. The molecule has 1 fully saturated rings. The minimum absolute atomic E-state index is 0. The fourth-order valence-electron chi connectivity index (χ4n) is 7.44. The molecule has 5 aromatic rings. The quantitative estimate of drug-likeness (QED) is 0.168. The molecule has 1 aromatic heterocycles. The number of hydrogen-bond acceptors (Lipinski definition) is 5. The molecule has 8 rings (SSSR count). The zero-order valence-corrected chi connectivity index (χ0v) is 49.4. The van der Waals surface area contributed by atoms with E-state index in [0.29, 0.717) is 28.5 Å². The van der Waals surface area contributed by atoms with Crippen LogP contribution in [0.1, 0.15) is 207 Å². The minimum Gasteiger partial charge on any atom is -0.454 e. The molecule has 3 aliphatic heterocycles. The van der Waals surface area contributed by atoms with Crippen molar-refractivity contribution in [2.24, 2.45) is 21.7 Å². The van der Waals surface area contributed by atoms with E-state index in [1.807, 2.05) is 30.6 Å². The second-order valence-electron chi connectivity index (χ2n) is 26.4. The molecule has 3 aliphatic rings. The van der Waals surface area contributed by atoms with Crippen molar-refractivity contribution in [2.45, 2.75) is 207 Å². The molecule has 0 aliphatic carbocycles. The standard InChI is InChI=1S/C11H14O2.3C10H14.C9H19N.C9H13N.C8H13N.2CH4/c1-11(2,3)8-4-5-9-10(6-8)13-7-12-9;3*1-10(2,3)9-7-5-4-6-8-9;1-9(2,3)8-5-4-6-10-7-8;1-9(2,3)8-6-4-5-7-10-8;1-8(2,3)7-5-4-6-9-7;;/h4-6H,7H2,1-3H3;3*4-8H,1-3H3;8,10H,4-7H2,1-3H3;4-7H,1-3H3;5-6H,4H2,1-3H3;2*1H4. The van der Waals surface area contributed by atoms with E-state index in [2.05, 4.69) is 276 Å². The Morgan fingerprint density at radius 3 is 1.16 bits per heavy atom. The first-order valence-corrected chi connectivity index (χ1v) is 26.6. The van der Waals surface area contributed by atoms with E-state index in [9.17, 15) is 0 Å². The van der Waals surface area contributed by atoms with Crippen molar-refractivity contribution in [3.05, 3.63) is 173 Å². The summed E-state index contributed by atoms with van der Waals surface area (Å²) in [7, 11) is 0. The molecule has 1 atom stereocenters. The van der Waals surface area contributed by atoms with Crippen LogP contribution in [0.2, 0.25) is 0 Å². The van der Waals surface area contributed by atoms with E-state index >= 15 is 0 Å². The Labute approximate surface area is 456 Å². The number of pyridine rings is 1. The fourth-order valence-corrected chi connectivity index (χ4v) is 7.44. The van der Waals surface area contributed by atoms with Gasteiger partial charge in [-0.2, -0.15) is 0 Å². The van der Waals surface area contributed by atoms with E-state index in [1.54, 1.807) is 0 Å². The van der Waals surface area contributed by atoms with Gasteiger partial charge >= 0.3 is 0 Å². The second kappa shape index (κ2) is 31.1.